The van der Waals surface area contributed by atoms with E-state index in [4.69, 9.17) is 26.1 Å². The maximum atomic E-state index is 11.2. The predicted octanol–water partition coefficient (Wildman–Crippen LogP) is 0.159. The van der Waals surface area contributed by atoms with Gasteiger partial charge in [-0.05, 0) is 43.7 Å². The van der Waals surface area contributed by atoms with Crippen LogP contribution in [0, 0.1) is 0 Å². The third-order valence-electron chi connectivity index (χ3n) is 6.64. The number of fused-ring (bicyclic) bond motifs is 3. The first-order chi connectivity index (χ1) is 15.1. The van der Waals surface area contributed by atoms with E-state index in [9.17, 15) is 19.9 Å². The zero-order valence-corrected chi connectivity index (χ0v) is 18.6. The van der Waals surface area contributed by atoms with Crippen molar-refractivity contribution in [2.75, 3.05) is 11.1 Å². The van der Waals surface area contributed by atoms with Gasteiger partial charge in [-0.2, -0.15) is 9.97 Å². The summed E-state index contributed by atoms with van der Waals surface area (Å²) in [7, 11) is -4.28. The Balaban J connectivity index is 1.47. The molecular formula is C18H25ClN5O7P. The average Bonchev–Trinajstić information content (AvgIpc) is 3.33. The molecule has 0 aromatic carbocycles. The van der Waals surface area contributed by atoms with Crippen molar-refractivity contribution in [3.05, 3.63) is 11.6 Å². The van der Waals surface area contributed by atoms with Crippen LogP contribution in [0.2, 0.25) is 5.28 Å². The minimum Gasteiger partial charge on any atom is -0.393 e. The summed E-state index contributed by atoms with van der Waals surface area (Å²) >= 11 is 6.24. The molecule has 5 heterocycles. The van der Waals surface area contributed by atoms with Crippen LogP contribution >= 0.6 is 19.2 Å². The molecule has 2 bridgehead atoms. The van der Waals surface area contributed by atoms with E-state index in [1.54, 1.807) is 0 Å². The van der Waals surface area contributed by atoms with E-state index in [0.717, 1.165) is 12.8 Å². The van der Waals surface area contributed by atoms with Gasteiger partial charge in [0, 0.05) is 12.1 Å². The van der Waals surface area contributed by atoms with Gasteiger partial charge in [-0.1, -0.05) is 0 Å². The molecule has 3 aliphatic heterocycles. The second kappa shape index (κ2) is 8.14. The molecule has 0 aliphatic carbocycles. The van der Waals surface area contributed by atoms with E-state index in [0.29, 0.717) is 29.8 Å². The van der Waals surface area contributed by atoms with Gasteiger partial charge in [-0.15, -0.1) is 0 Å². The highest BCUT2D eigenvalue weighted by molar-refractivity contribution is 7.51. The van der Waals surface area contributed by atoms with Crippen molar-refractivity contribution in [2.45, 2.75) is 74.8 Å². The van der Waals surface area contributed by atoms with Crippen molar-refractivity contribution in [1.29, 1.82) is 0 Å². The van der Waals surface area contributed by atoms with Crippen LogP contribution in [0.1, 0.15) is 38.3 Å². The Morgan fingerprint density at radius 1 is 1.12 bits per heavy atom. The number of hydrogen-bond donors (Lipinski definition) is 5. The molecule has 3 aliphatic rings. The summed E-state index contributed by atoms with van der Waals surface area (Å²) in [6.45, 7) is 0. The number of halogens is 1. The number of piperidine rings is 1. The smallest absolute Gasteiger partial charge is 0.325 e. The van der Waals surface area contributed by atoms with Gasteiger partial charge in [-0.3, -0.25) is 9.13 Å². The van der Waals surface area contributed by atoms with Crippen molar-refractivity contribution < 1.29 is 34.4 Å². The number of hydrogen-bond acceptors (Lipinski definition) is 9. The minimum absolute atomic E-state index is 0.00847. The van der Waals surface area contributed by atoms with Crippen molar-refractivity contribution >= 4 is 36.2 Å². The van der Waals surface area contributed by atoms with Gasteiger partial charge in [0.2, 0.25) is 5.28 Å². The molecule has 12 nitrogen and oxygen atoms in total. The molecule has 2 aromatic rings. The number of ether oxygens (including phenoxy) is 1. The van der Waals surface area contributed by atoms with E-state index in [1.165, 1.54) is 10.9 Å². The maximum Gasteiger partial charge on any atom is 0.325 e. The Morgan fingerprint density at radius 3 is 2.47 bits per heavy atom. The Labute approximate surface area is 188 Å². The SMILES string of the molecule is O=P(O)(O)CC[C@H]1O[C@@H](n2cnc3c(N4C5CCC4CC(O)C5)nc(Cl)nc32)C(O)C1O. The molecule has 5 N–H and O–H groups in total. The highest BCUT2D eigenvalue weighted by atomic mass is 35.5. The van der Waals surface area contributed by atoms with Crippen LogP contribution in [0.15, 0.2) is 6.33 Å². The molecule has 3 saturated heterocycles. The lowest BCUT2D eigenvalue weighted by atomic mass is 10.00. The standard InChI is InChI=1S/C18H25ClN5O7P/c19-18-21-15-12(16(22-18)24-8-1-2-9(24)6-10(25)5-8)20-7-23(15)17-14(27)13(26)11(31-17)3-4-32(28,29)30/h7-11,13-14,17,25-27H,1-6H2,(H2,28,29,30)/t8?,9?,10?,11-,13?,14?,17-/m1/s1. The number of aliphatic hydroxyl groups is 3. The fourth-order valence-corrected chi connectivity index (χ4v) is 5.98. The zero-order chi connectivity index (χ0) is 22.8. The molecule has 6 atom stereocenters. The summed E-state index contributed by atoms with van der Waals surface area (Å²) in [5, 5.41) is 31.0. The third-order valence-corrected chi connectivity index (χ3v) is 7.65. The number of nitrogens with zero attached hydrogens (tertiary/aromatic N) is 5. The number of anilines is 1. The summed E-state index contributed by atoms with van der Waals surface area (Å²) < 4.78 is 18.4. The van der Waals surface area contributed by atoms with Crippen molar-refractivity contribution in [1.82, 2.24) is 19.5 Å². The summed E-state index contributed by atoms with van der Waals surface area (Å²) in [5.74, 6) is 0.559. The molecule has 14 heteroatoms. The average molecular weight is 490 g/mol. The zero-order valence-electron chi connectivity index (χ0n) is 17.0. The van der Waals surface area contributed by atoms with Crippen LogP contribution in [-0.4, -0.2) is 87.3 Å². The van der Waals surface area contributed by atoms with Gasteiger partial charge < -0.3 is 34.7 Å². The van der Waals surface area contributed by atoms with Gasteiger partial charge in [-0.25, -0.2) is 4.98 Å². The number of aromatic nitrogens is 4. The van der Waals surface area contributed by atoms with E-state index in [1.807, 2.05) is 0 Å². The van der Waals surface area contributed by atoms with Crippen molar-refractivity contribution in [3.8, 4) is 0 Å². The molecular weight excluding hydrogens is 465 g/mol. The molecule has 3 fully saturated rings. The molecule has 0 radical (unpaired) electrons. The van der Waals surface area contributed by atoms with Gasteiger partial charge in [0.25, 0.3) is 0 Å². The van der Waals surface area contributed by atoms with E-state index in [2.05, 4.69) is 19.9 Å². The fraction of sp³-hybridized carbons (Fsp3) is 0.722. The van der Waals surface area contributed by atoms with Crippen LogP contribution < -0.4 is 4.90 Å². The first kappa shape index (κ1) is 22.4. The lowest BCUT2D eigenvalue weighted by Crippen LogP contribution is -2.45. The van der Waals surface area contributed by atoms with Crippen LogP contribution in [0.3, 0.4) is 0 Å². The normalized spacial score (nSPS) is 35.2. The summed E-state index contributed by atoms with van der Waals surface area (Å²) in [6.07, 6.45) is -1.08. The molecule has 0 amide bonds. The van der Waals surface area contributed by atoms with Gasteiger partial charge in [0.05, 0.1) is 24.7 Å². The molecule has 0 saturated carbocycles. The van der Waals surface area contributed by atoms with E-state index in [-0.39, 0.29) is 29.9 Å². The molecule has 176 valence electrons. The summed E-state index contributed by atoms with van der Waals surface area (Å²) in [5.41, 5.74) is 0.782. The topological polar surface area (TPSA) is 174 Å². The second-order valence-corrected chi connectivity index (χ2v) is 10.9. The molecule has 2 aromatic heterocycles. The van der Waals surface area contributed by atoms with E-state index >= 15 is 0 Å². The molecule has 4 unspecified atom stereocenters. The Bertz CT molecular complexity index is 1050. The highest BCUT2D eigenvalue weighted by Gasteiger charge is 2.46. The molecule has 5 rings (SSSR count). The molecule has 32 heavy (non-hydrogen) atoms. The predicted molar refractivity (Wildman–Crippen MR) is 112 cm³/mol. The lowest BCUT2D eigenvalue weighted by Gasteiger charge is -2.38. The fourth-order valence-electron chi connectivity index (χ4n) is 5.23. The largest absolute Gasteiger partial charge is 0.393 e. The van der Waals surface area contributed by atoms with Gasteiger partial charge in [0.1, 0.15) is 12.2 Å². The number of imidazole rings is 1. The summed E-state index contributed by atoms with van der Waals surface area (Å²) in [6, 6.07) is 0.241. The van der Waals surface area contributed by atoms with Gasteiger partial charge in [0.15, 0.2) is 23.2 Å². The van der Waals surface area contributed by atoms with Crippen LogP contribution in [-0.2, 0) is 9.30 Å². The second-order valence-electron chi connectivity index (χ2n) is 8.78. The minimum atomic E-state index is -4.28. The first-order valence-electron chi connectivity index (χ1n) is 10.5. The Kier molecular flexibility index (Phi) is 5.70. The summed E-state index contributed by atoms with van der Waals surface area (Å²) in [4.78, 5) is 33.5. The van der Waals surface area contributed by atoms with Crippen LogP contribution in [0.4, 0.5) is 5.82 Å². The quantitative estimate of drug-likeness (QED) is 0.286. The van der Waals surface area contributed by atoms with Crippen LogP contribution in [0.5, 0.6) is 0 Å². The van der Waals surface area contributed by atoms with Crippen molar-refractivity contribution in [3.63, 3.8) is 0 Å². The lowest BCUT2D eigenvalue weighted by molar-refractivity contribution is -0.0355. The van der Waals surface area contributed by atoms with E-state index < -0.39 is 38.3 Å². The van der Waals surface area contributed by atoms with Crippen LogP contribution in [0.25, 0.3) is 11.2 Å². The van der Waals surface area contributed by atoms with Gasteiger partial charge >= 0.3 is 7.60 Å². The first-order valence-corrected chi connectivity index (χ1v) is 12.7. The highest BCUT2D eigenvalue weighted by Crippen LogP contribution is 2.42. The number of rotatable bonds is 5. The van der Waals surface area contributed by atoms with Crippen molar-refractivity contribution in [2.24, 2.45) is 0 Å². The Hall–Kier alpha value is -1.37. The molecule has 0 spiro atoms. The third kappa shape index (κ3) is 3.92. The number of aliphatic hydroxyl groups excluding tert-OH is 3. The maximum absolute atomic E-state index is 11.2. The Morgan fingerprint density at radius 2 is 1.81 bits per heavy atom. The monoisotopic (exact) mass is 489 g/mol.